The highest BCUT2D eigenvalue weighted by atomic mass is 16.7. The van der Waals surface area contributed by atoms with Gasteiger partial charge in [-0.15, -0.1) is 0 Å². The number of aliphatic hydroxyl groups is 1. The van der Waals surface area contributed by atoms with Gasteiger partial charge in [-0.25, -0.2) is 4.79 Å². The first-order valence-electron chi connectivity index (χ1n) is 13.0. The molecule has 0 bridgehead atoms. The van der Waals surface area contributed by atoms with Gasteiger partial charge in [0.15, 0.2) is 0 Å². The topological polar surface area (TPSA) is 74.2 Å². The molecular weight excluding hydrogens is 402 g/mol. The molecule has 2 N–H and O–H groups in total. The van der Waals surface area contributed by atoms with Gasteiger partial charge in [0.25, 0.3) is 0 Å². The normalized spacial score (nSPS) is 43.8. The Morgan fingerprint density at radius 2 is 1.81 bits per heavy atom. The van der Waals surface area contributed by atoms with Crippen molar-refractivity contribution in [3.63, 3.8) is 0 Å². The highest BCUT2D eigenvalue weighted by molar-refractivity contribution is 5.85. The molecule has 6 heteroatoms. The Bertz CT molecular complexity index is 727. The lowest BCUT2D eigenvalue weighted by molar-refractivity contribution is -0.123. The smallest absolute Gasteiger partial charge is 0.393 e. The monoisotopic (exact) mass is 447 g/mol. The van der Waals surface area contributed by atoms with Crippen LogP contribution in [0.15, 0.2) is 5.16 Å². The highest BCUT2D eigenvalue weighted by Crippen LogP contribution is 2.67. The largest absolute Gasteiger partial charge is 0.435 e. The molecule has 8 atom stereocenters. The molecule has 0 radical (unpaired) electrons. The first-order valence-corrected chi connectivity index (χ1v) is 13.0. The molecule has 4 fully saturated rings. The summed E-state index contributed by atoms with van der Waals surface area (Å²) in [5, 5.41) is 17.6. The van der Waals surface area contributed by atoms with Gasteiger partial charge in [0.05, 0.1) is 11.8 Å². The summed E-state index contributed by atoms with van der Waals surface area (Å²) in [5.74, 6) is 3.47. The SMILES string of the molecule is CNCCN(C)C(=O)O/N=C(\C)[C@H]1CC[C@H]2[C@@H]3CCC4C[C@H](O)CC[C@]4(C)[C@H]3CC[C@]12C. The van der Waals surface area contributed by atoms with Crippen LogP contribution in [0.25, 0.3) is 0 Å². The van der Waals surface area contributed by atoms with E-state index in [9.17, 15) is 9.90 Å². The summed E-state index contributed by atoms with van der Waals surface area (Å²) < 4.78 is 0. The Morgan fingerprint density at radius 3 is 2.56 bits per heavy atom. The number of likely N-dealkylation sites (N-methyl/N-ethyl adjacent to an activating group) is 2. The Hall–Kier alpha value is -1.14. The third-order valence-electron chi connectivity index (χ3n) is 10.4. The van der Waals surface area contributed by atoms with Gasteiger partial charge in [0.1, 0.15) is 0 Å². The van der Waals surface area contributed by atoms with Crippen molar-refractivity contribution in [2.75, 3.05) is 27.2 Å². The Kier molecular flexibility index (Phi) is 6.94. The first kappa shape index (κ1) is 24.0. The summed E-state index contributed by atoms with van der Waals surface area (Å²) in [6, 6.07) is 0. The van der Waals surface area contributed by atoms with Crippen molar-refractivity contribution in [1.29, 1.82) is 0 Å². The number of hydrogen-bond acceptors (Lipinski definition) is 5. The van der Waals surface area contributed by atoms with Gasteiger partial charge >= 0.3 is 6.09 Å². The zero-order chi connectivity index (χ0) is 23.1. The van der Waals surface area contributed by atoms with Gasteiger partial charge < -0.3 is 15.3 Å². The Morgan fingerprint density at radius 1 is 1.09 bits per heavy atom. The van der Waals surface area contributed by atoms with Gasteiger partial charge in [-0.2, -0.15) is 0 Å². The van der Waals surface area contributed by atoms with Crippen LogP contribution in [-0.4, -0.2) is 55.1 Å². The number of nitrogens with one attached hydrogen (secondary N) is 1. The van der Waals surface area contributed by atoms with Crippen LogP contribution in [0.5, 0.6) is 0 Å². The van der Waals surface area contributed by atoms with E-state index in [0.717, 1.165) is 49.3 Å². The molecule has 182 valence electrons. The van der Waals surface area contributed by atoms with E-state index in [1.807, 2.05) is 7.05 Å². The van der Waals surface area contributed by atoms with E-state index < -0.39 is 0 Å². The van der Waals surface area contributed by atoms with Crippen molar-refractivity contribution in [2.45, 2.75) is 84.7 Å². The van der Waals surface area contributed by atoms with Gasteiger partial charge in [0, 0.05) is 26.1 Å². The molecule has 0 aliphatic heterocycles. The fourth-order valence-electron chi connectivity index (χ4n) is 8.54. The number of carbonyl (C=O) groups is 1. The second kappa shape index (κ2) is 9.25. The third kappa shape index (κ3) is 4.11. The average molecular weight is 448 g/mol. The minimum Gasteiger partial charge on any atom is -0.393 e. The van der Waals surface area contributed by atoms with Crippen molar-refractivity contribution < 1.29 is 14.7 Å². The summed E-state index contributed by atoms with van der Waals surface area (Å²) in [7, 11) is 3.62. The summed E-state index contributed by atoms with van der Waals surface area (Å²) in [5.41, 5.74) is 1.67. The molecule has 4 aliphatic rings. The third-order valence-corrected chi connectivity index (χ3v) is 10.4. The fourth-order valence-corrected chi connectivity index (χ4v) is 8.54. The quantitative estimate of drug-likeness (QED) is 0.365. The number of fused-ring (bicyclic) bond motifs is 5. The second-order valence-electron chi connectivity index (χ2n) is 11.9. The number of aliphatic hydroxyl groups excluding tert-OH is 1. The van der Waals surface area contributed by atoms with Gasteiger partial charge in [-0.05, 0) is 106 Å². The van der Waals surface area contributed by atoms with Crippen LogP contribution in [0.4, 0.5) is 4.79 Å². The standard InChI is InChI=1S/C26H45N3O3/c1-17(28-32-24(31)29(5)15-14-27-4)21-8-9-22-20-7-6-18-16-19(30)10-12-25(18,2)23(20)11-13-26(21,22)3/h18-23,27,30H,6-16H2,1-5H3/b28-17+/t18?,19-,20+,21-,22+,23+,25+,26-/m1/s1. The van der Waals surface area contributed by atoms with Gasteiger partial charge in [-0.3, -0.25) is 4.84 Å². The molecule has 1 amide bonds. The summed E-state index contributed by atoms with van der Waals surface area (Å²) in [4.78, 5) is 19.2. The molecule has 0 aromatic heterocycles. The molecule has 32 heavy (non-hydrogen) atoms. The molecular formula is C26H45N3O3. The zero-order valence-electron chi connectivity index (χ0n) is 20.9. The van der Waals surface area contributed by atoms with Crippen LogP contribution >= 0.6 is 0 Å². The van der Waals surface area contributed by atoms with Crippen molar-refractivity contribution in [3.8, 4) is 0 Å². The van der Waals surface area contributed by atoms with Crippen molar-refractivity contribution in [3.05, 3.63) is 0 Å². The molecule has 0 spiro atoms. The Labute approximate surface area is 194 Å². The van der Waals surface area contributed by atoms with Gasteiger partial charge in [-0.1, -0.05) is 19.0 Å². The molecule has 0 heterocycles. The second-order valence-corrected chi connectivity index (χ2v) is 11.9. The van der Waals surface area contributed by atoms with Crippen molar-refractivity contribution in [2.24, 2.45) is 45.6 Å². The van der Waals surface area contributed by atoms with Crippen LogP contribution in [0.1, 0.15) is 78.6 Å². The maximum absolute atomic E-state index is 12.3. The molecule has 0 saturated heterocycles. The molecule has 0 aromatic carbocycles. The van der Waals surface area contributed by atoms with E-state index in [4.69, 9.17) is 4.84 Å². The lowest BCUT2D eigenvalue weighted by Gasteiger charge is -2.61. The molecule has 1 unspecified atom stereocenters. The molecule has 0 aromatic rings. The minimum atomic E-state index is -0.381. The summed E-state index contributed by atoms with van der Waals surface area (Å²) >= 11 is 0. The summed E-state index contributed by atoms with van der Waals surface area (Å²) in [6.45, 7) is 8.44. The van der Waals surface area contributed by atoms with Gasteiger partial charge in [0.2, 0.25) is 0 Å². The number of nitrogens with zero attached hydrogens (tertiary/aromatic N) is 2. The lowest BCUT2D eigenvalue weighted by atomic mass is 9.44. The van der Waals surface area contributed by atoms with Crippen LogP contribution in [0, 0.1) is 40.4 Å². The van der Waals surface area contributed by atoms with E-state index in [0.29, 0.717) is 23.8 Å². The molecule has 4 aliphatic carbocycles. The van der Waals surface area contributed by atoms with Crippen LogP contribution < -0.4 is 5.32 Å². The van der Waals surface area contributed by atoms with E-state index in [-0.39, 0.29) is 17.6 Å². The maximum Gasteiger partial charge on any atom is 0.435 e. The molecule has 4 rings (SSSR count). The number of rotatable bonds is 5. The zero-order valence-corrected chi connectivity index (χ0v) is 20.9. The van der Waals surface area contributed by atoms with Crippen LogP contribution in [0.2, 0.25) is 0 Å². The van der Waals surface area contributed by atoms with Crippen LogP contribution in [0.3, 0.4) is 0 Å². The number of carbonyl (C=O) groups excluding carboxylic acids is 1. The van der Waals surface area contributed by atoms with E-state index in [1.165, 1.54) is 38.5 Å². The molecule has 6 nitrogen and oxygen atoms in total. The van der Waals surface area contributed by atoms with Crippen molar-refractivity contribution in [1.82, 2.24) is 10.2 Å². The fraction of sp³-hybridized carbons (Fsp3) is 0.923. The minimum absolute atomic E-state index is 0.0757. The average Bonchev–Trinajstić information content (AvgIpc) is 3.13. The van der Waals surface area contributed by atoms with E-state index in [1.54, 1.807) is 11.9 Å². The summed E-state index contributed by atoms with van der Waals surface area (Å²) in [6.07, 6.45) is 10.3. The predicted molar refractivity (Wildman–Crippen MR) is 127 cm³/mol. The first-order chi connectivity index (χ1) is 15.2. The number of hydrogen-bond donors (Lipinski definition) is 2. The lowest BCUT2D eigenvalue weighted by Crippen LogP contribution is -2.54. The number of amides is 1. The van der Waals surface area contributed by atoms with Crippen LogP contribution in [-0.2, 0) is 4.84 Å². The maximum atomic E-state index is 12.3. The Balaban J connectivity index is 1.44. The van der Waals surface area contributed by atoms with Crippen molar-refractivity contribution >= 4 is 11.8 Å². The number of oxime groups is 1. The molecule has 4 saturated carbocycles. The predicted octanol–water partition coefficient (Wildman–Crippen LogP) is 4.67. The highest BCUT2D eigenvalue weighted by Gasteiger charge is 2.60. The van der Waals surface area contributed by atoms with E-state index in [2.05, 4.69) is 31.2 Å². The van der Waals surface area contributed by atoms with E-state index >= 15 is 0 Å².